The van der Waals surface area contributed by atoms with Gasteiger partial charge < -0.3 is 5.32 Å². The SMILES string of the molecule is CNC/C(=C/c1cc(Br)ccc1Cl)C(C)C. The van der Waals surface area contributed by atoms with Crippen molar-refractivity contribution >= 4 is 33.6 Å². The van der Waals surface area contributed by atoms with E-state index in [-0.39, 0.29) is 0 Å². The minimum Gasteiger partial charge on any atom is -0.316 e. The van der Waals surface area contributed by atoms with Gasteiger partial charge in [0, 0.05) is 16.0 Å². The van der Waals surface area contributed by atoms with E-state index in [1.807, 2.05) is 25.2 Å². The third-order valence-electron chi connectivity index (χ3n) is 2.42. The van der Waals surface area contributed by atoms with Crippen LogP contribution < -0.4 is 5.32 Å². The van der Waals surface area contributed by atoms with Crippen molar-refractivity contribution in [2.75, 3.05) is 13.6 Å². The van der Waals surface area contributed by atoms with Crippen LogP contribution in [0.5, 0.6) is 0 Å². The Morgan fingerprint density at radius 3 is 2.75 bits per heavy atom. The van der Waals surface area contributed by atoms with Gasteiger partial charge in [-0.05, 0) is 36.7 Å². The zero-order chi connectivity index (χ0) is 12.1. The molecule has 1 aromatic rings. The van der Waals surface area contributed by atoms with Gasteiger partial charge in [-0.25, -0.2) is 0 Å². The molecule has 3 heteroatoms. The van der Waals surface area contributed by atoms with Crippen molar-refractivity contribution in [2.45, 2.75) is 13.8 Å². The summed E-state index contributed by atoms with van der Waals surface area (Å²) in [5, 5.41) is 3.97. The van der Waals surface area contributed by atoms with E-state index in [1.54, 1.807) is 0 Å². The molecule has 0 atom stereocenters. The van der Waals surface area contributed by atoms with Gasteiger partial charge in [0.15, 0.2) is 0 Å². The van der Waals surface area contributed by atoms with Gasteiger partial charge in [-0.3, -0.25) is 0 Å². The Labute approximate surface area is 111 Å². The molecule has 1 rings (SSSR count). The molecule has 0 aliphatic rings. The first-order valence-corrected chi connectivity index (χ1v) is 6.51. The highest BCUT2D eigenvalue weighted by Crippen LogP contribution is 2.24. The van der Waals surface area contributed by atoms with Crippen molar-refractivity contribution in [2.24, 2.45) is 5.92 Å². The van der Waals surface area contributed by atoms with E-state index in [2.05, 4.69) is 41.2 Å². The average Bonchev–Trinajstić information content (AvgIpc) is 2.22. The van der Waals surface area contributed by atoms with Crippen LogP contribution in [0.4, 0.5) is 0 Å². The molecule has 0 bridgehead atoms. The van der Waals surface area contributed by atoms with Gasteiger partial charge in [0.25, 0.3) is 0 Å². The van der Waals surface area contributed by atoms with Crippen LogP contribution in [0.1, 0.15) is 19.4 Å². The number of halogens is 2. The topological polar surface area (TPSA) is 12.0 Å². The molecule has 0 aliphatic carbocycles. The normalized spacial score (nSPS) is 12.2. The summed E-state index contributed by atoms with van der Waals surface area (Å²) in [6.45, 7) is 5.27. The lowest BCUT2D eigenvalue weighted by Crippen LogP contribution is -2.13. The number of hydrogen-bond acceptors (Lipinski definition) is 1. The van der Waals surface area contributed by atoms with E-state index in [0.29, 0.717) is 5.92 Å². The van der Waals surface area contributed by atoms with Crippen LogP contribution in [0.25, 0.3) is 6.08 Å². The van der Waals surface area contributed by atoms with Crippen molar-refractivity contribution < 1.29 is 0 Å². The molecular weight excluding hydrogens is 286 g/mol. The van der Waals surface area contributed by atoms with Crippen molar-refractivity contribution in [3.05, 3.63) is 38.8 Å². The lowest BCUT2D eigenvalue weighted by atomic mass is 10.0. The third-order valence-corrected chi connectivity index (χ3v) is 3.26. The molecule has 0 unspecified atom stereocenters. The van der Waals surface area contributed by atoms with Crippen LogP contribution in [-0.2, 0) is 0 Å². The summed E-state index contributed by atoms with van der Waals surface area (Å²) in [4.78, 5) is 0. The highest BCUT2D eigenvalue weighted by atomic mass is 79.9. The third kappa shape index (κ3) is 3.93. The molecule has 0 amide bonds. The summed E-state index contributed by atoms with van der Waals surface area (Å²) in [6.07, 6.45) is 2.16. The van der Waals surface area contributed by atoms with E-state index in [9.17, 15) is 0 Å². The molecule has 1 aromatic carbocycles. The summed E-state index contributed by atoms with van der Waals surface area (Å²) in [7, 11) is 1.96. The smallest absolute Gasteiger partial charge is 0.0479 e. The summed E-state index contributed by atoms with van der Waals surface area (Å²) < 4.78 is 1.05. The molecule has 88 valence electrons. The van der Waals surface area contributed by atoms with Gasteiger partial charge >= 0.3 is 0 Å². The van der Waals surface area contributed by atoms with Crippen molar-refractivity contribution in [3.8, 4) is 0 Å². The van der Waals surface area contributed by atoms with E-state index >= 15 is 0 Å². The van der Waals surface area contributed by atoms with E-state index in [0.717, 1.165) is 21.6 Å². The minimum absolute atomic E-state index is 0.516. The van der Waals surface area contributed by atoms with Crippen LogP contribution in [0.15, 0.2) is 28.2 Å². The Morgan fingerprint density at radius 1 is 1.50 bits per heavy atom. The van der Waals surface area contributed by atoms with Gasteiger partial charge in [0.1, 0.15) is 0 Å². The average molecular weight is 303 g/mol. The summed E-state index contributed by atoms with van der Waals surface area (Å²) >= 11 is 9.62. The Morgan fingerprint density at radius 2 is 2.19 bits per heavy atom. The molecule has 0 aliphatic heterocycles. The van der Waals surface area contributed by atoms with Crippen molar-refractivity contribution in [3.63, 3.8) is 0 Å². The number of benzene rings is 1. The highest BCUT2D eigenvalue weighted by Gasteiger charge is 2.04. The van der Waals surface area contributed by atoms with Gasteiger partial charge in [-0.15, -0.1) is 0 Å². The molecule has 1 nitrogen and oxygen atoms in total. The predicted molar refractivity (Wildman–Crippen MR) is 75.9 cm³/mol. The standard InChI is InChI=1S/C13H17BrClN/c1-9(2)11(8-16-3)6-10-7-12(14)4-5-13(10)15/h4-7,9,16H,8H2,1-3H3/b11-6-. The number of hydrogen-bond donors (Lipinski definition) is 1. The first-order chi connectivity index (χ1) is 7.54. The largest absolute Gasteiger partial charge is 0.316 e. The first kappa shape index (κ1) is 13.8. The molecule has 0 saturated carbocycles. The predicted octanol–water partition coefficient (Wildman–Crippen LogP) is 4.36. The van der Waals surface area contributed by atoms with E-state index < -0.39 is 0 Å². The van der Waals surface area contributed by atoms with E-state index in [4.69, 9.17) is 11.6 Å². The van der Waals surface area contributed by atoms with Gasteiger partial charge in [0.2, 0.25) is 0 Å². The Hall–Kier alpha value is -0.310. The number of nitrogens with one attached hydrogen (secondary N) is 1. The Balaban J connectivity index is 3.06. The fourth-order valence-electron chi connectivity index (χ4n) is 1.45. The second kappa shape index (κ2) is 6.43. The van der Waals surface area contributed by atoms with Crippen LogP contribution in [0.3, 0.4) is 0 Å². The zero-order valence-electron chi connectivity index (χ0n) is 9.85. The molecule has 0 fully saturated rings. The van der Waals surface area contributed by atoms with Crippen LogP contribution >= 0.6 is 27.5 Å². The maximum absolute atomic E-state index is 6.16. The molecule has 0 radical (unpaired) electrons. The summed E-state index contributed by atoms with van der Waals surface area (Å²) in [6, 6.07) is 5.90. The fraction of sp³-hybridized carbons (Fsp3) is 0.385. The van der Waals surface area contributed by atoms with Crippen LogP contribution in [0.2, 0.25) is 5.02 Å². The highest BCUT2D eigenvalue weighted by molar-refractivity contribution is 9.10. The van der Waals surface area contributed by atoms with Crippen molar-refractivity contribution in [1.29, 1.82) is 0 Å². The monoisotopic (exact) mass is 301 g/mol. The van der Waals surface area contributed by atoms with E-state index in [1.165, 1.54) is 5.57 Å². The zero-order valence-corrected chi connectivity index (χ0v) is 12.2. The molecule has 0 saturated heterocycles. The molecule has 0 aromatic heterocycles. The lowest BCUT2D eigenvalue weighted by Gasteiger charge is -2.11. The van der Waals surface area contributed by atoms with Crippen LogP contribution in [0, 0.1) is 5.92 Å². The first-order valence-electron chi connectivity index (χ1n) is 5.34. The van der Waals surface area contributed by atoms with Gasteiger partial charge in [0.05, 0.1) is 0 Å². The second-order valence-electron chi connectivity index (χ2n) is 4.07. The fourth-order valence-corrected chi connectivity index (χ4v) is 2.00. The Bertz CT molecular complexity index is 386. The summed E-state index contributed by atoms with van der Waals surface area (Å²) in [5.74, 6) is 0.516. The quantitative estimate of drug-likeness (QED) is 0.871. The molecule has 0 spiro atoms. The second-order valence-corrected chi connectivity index (χ2v) is 5.39. The molecular formula is C13H17BrClN. The van der Waals surface area contributed by atoms with Gasteiger partial charge in [-0.1, -0.05) is 53.0 Å². The molecule has 1 N–H and O–H groups in total. The van der Waals surface area contributed by atoms with Crippen LogP contribution in [-0.4, -0.2) is 13.6 Å². The molecule has 16 heavy (non-hydrogen) atoms. The summed E-state index contributed by atoms with van der Waals surface area (Å²) in [5.41, 5.74) is 2.41. The lowest BCUT2D eigenvalue weighted by molar-refractivity contribution is 0.713. The van der Waals surface area contributed by atoms with Gasteiger partial charge in [-0.2, -0.15) is 0 Å². The van der Waals surface area contributed by atoms with Crippen molar-refractivity contribution in [1.82, 2.24) is 5.32 Å². The minimum atomic E-state index is 0.516. The number of rotatable bonds is 4. The Kier molecular flexibility index (Phi) is 5.53. The maximum Gasteiger partial charge on any atom is 0.0479 e. The molecule has 0 heterocycles. The maximum atomic E-state index is 6.16. The number of likely N-dealkylation sites (N-methyl/N-ethyl adjacent to an activating group) is 1.